The van der Waals surface area contributed by atoms with Gasteiger partial charge in [-0.15, -0.1) is 0 Å². The third-order valence-electron chi connectivity index (χ3n) is 5.92. The number of fused-ring (bicyclic) bond motifs is 1. The monoisotopic (exact) mass is 566 g/mol. The average molecular weight is 567 g/mol. The average Bonchev–Trinajstić information content (AvgIpc) is 3.17. The molecule has 0 saturated heterocycles. The Morgan fingerprint density at radius 1 is 1.10 bits per heavy atom. The summed E-state index contributed by atoms with van der Waals surface area (Å²) < 4.78 is 35.5. The molecule has 1 aliphatic heterocycles. The molecular weight excluding hydrogens is 546 g/mol. The van der Waals surface area contributed by atoms with Crippen LogP contribution in [0.2, 0.25) is 5.02 Å². The second-order valence-electron chi connectivity index (χ2n) is 8.46. The highest BCUT2D eigenvalue weighted by molar-refractivity contribution is 8.02. The number of carbonyl (C=O) groups excluding carboxylic acids is 1. The normalized spacial score (nSPS) is 12.4. The number of halogens is 3. The minimum Gasteiger partial charge on any atom is -0.453 e. The van der Waals surface area contributed by atoms with E-state index >= 15 is 0 Å². The van der Waals surface area contributed by atoms with Crippen molar-refractivity contribution in [1.29, 1.82) is 0 Å². The van der Waals surface area contributed by atoms with Crippen molar-refractivity contribution in [3.8, 4) is 17.2 Å². The molecule has 0 spiro atoms. The van der Waals surface area contributed by atoms with Gasteiger partial charge in [-0.05, 0) is 66.3 Å². The molecule has 39 heavy (non-hydrogen) atoms. The van der Waals surface area contributed by atoms with Crippen molar-refractivity contribution in [3.05, 3.63) is 110 Å². The summed E-state index contributed by atoms with van der Waals surface area (Å²) in [5, 5.41) is 8.13. The highest BCUT2D eigenvalue weighted by atomic mass is 35.5. The summed E-state index contributed by atoms with van der Waals surface area (Å²) in [4.78, 5) is 30.8. The van der Waals surface area contributed by atoms with Gasteiger partial charge in [0.2, 0.25) is 0 Å². The molecular formula is C28H21ClF2N4O3S. The predicted octanol–water partition coefficient (Wildman–Crippen LogP) is 6.80. The molecule has 0 radical (unpaired) electrons. The number of rotatable bonds is 6. The Bertz CT molecular complexity index is 1660. The van der Waals surface area contributed by atoms with E-state index in [0.717, 1.165) is 18.1 Å². The molecule has 0 bridgehead atoms. The SMILES string of the molecule is CNc1nccc(Oc2ccc(NC(=O)c3cc4c(n(-c5ccc(F)cc5)c3=O)SC=CCC4)cc2F)c1Cl. The zero-order chi connectivity index (χ0) is 27.5. The van der Waals surface area contributed by atoms with Crippen LogP contribution in [-0.4, -0.2) is 22.5 Å². The van der Waals surface area contributed by atoms with Crippen LogP contribution in [0.15, 0.2) is 82.1 Å². The van der Waals surface area contributed by atoms with Crippen molar-refractivity contribution in [2.24, 2.45) is 0 Å². The molecule has 7 nitrogen and oxygen atoms in total. The first kappa shape index (κ1) is 26.5. The molecule has 11 heteroatoms. The number of ether oxygens (including phenoxy) is 1. The van der Waals surface area contributed by atoms with Gasteiger partial charge in [0.05, 0.1) is 5.03 Å². The molecule has 0 atom stereocenters. The van der Waals surface area contributed by atoms with E-state index in [2.05, 4.69) is 15.6 Å². The van der Waals surface area contributed by atoms with Gasteiger partial charge in [-0.3, -0.25) is 14.2 Å². The van der Waals surface area contributed by atoms with E-state index in [4.69, 9.17) is 16.3 Å². The summed E-state index contributed by atoms with van der Waals surface area (Å²) in [6.45, 7) is 0. The topological polar surface area (TPSA) is 85.2 Å². The molecule has 3 heterocycles. The zero-order valence-corrected chi connectivity index (χ0v) is 22.1. The predicted molar refractivity (Wildman–Crippen MR) is 149 cm³/mol. The zero-order valence-electron chi connectivity index (χ0n) is 20.5. The fourth-order valence-corrected chi connectivity index (χ4v) is 5.24. The van der Waals surface area contributed by atoms with E-state index in [1.165, 1.54) is 65.0 Å². The lowest BCUT2D eigenvalue weighted by molar-refractivity contribution is 0.102. The third kappa shape index (κ3) is 5.52. The van der Waals surface area contributed by atoms with Gasteiger partial charge < -0.3 is 15.4 Å². The van der Waals surface area contributed by atoms with Crippen LogP contribution in [0.3, 0.4) is 0 Å². The van der Waals surface area contributed by atoms with Crippen LogP contribution in [0, 0.1) is 11.6 Å². The summed E-state index contributed by atoms with van der Waals surface area (Å²) in [5.41, 5.74) is 0.654. The number of aryl methyl sites for hydroxylation is 1. The lowest BCUT2D eigenvalue weighted by Crippen LogP contribution is -2.30. The molecule has 0 unspecified atom stereocenters. The first-order valence-corrected chi connectivity index (χ1v) is 13.1. The van der Waals surface area contributed by atoms with Gasteiger partial charge in [-0.1, -0.05) is 29.4 Å². The molecule has 198 valence electrons. The van der Waals surface area contributed by atoms with E-state index in [0.29, 0.717) is 23.0 Å². The van der Waals surface area contributed by atoms with Crippen LogP contribution in [-0.2, 0) is 6.42 Å². The number of nitrogens with one attached hydrogen (secondary N) is 2. The molecule has 1 amide bonds. The van der Waals surface area contributed by atoms with E-state index in [1.807, 2.05) is 11.5 Å². The summed E-state index contributed by atoms with van der Waals surface area (Å²) in [6.07, 6.45) is 4.78. The lowest BCUT2D eigenvalue weighted by atomic mass is 10.1. The van der Waals surface area contributed by atoms with Gasteiger partial charge in [-0.2, -0.15) is 0 Å². The van der Waals surface area contributed by atoms with Crippen LogP contribution >= 0.6 is 23.4 Å². The fraction of sp³-hybridized carbons (Fsp3) is 0.107. The van der Waals surface area contributed by atoms with Crippen molar-refractivity contribution in [2.45, 2.75) is 17.9 Å². The highest BCUT2D eigenvalue weighted by Gasteiger charge is 2.22. The quantitative estimate of drug-likeness (QED) is 0.267. The van der Waals surface area contributed by atoms with Crippen molar-refractivity contribution in [3.63, 3.8) is 0 Å². The first-order chi connectivity index (χ1) is 18.9. The Morgan fingerprint density at radius 2 is 1.90 bits per heavy atom. The van der Waals surface area contributed by atoms with Crippen LogP contribution in [0.1, 0.15) is 22.3 Å². The smallest absolute Gasteiger partial charge is 0.268 e. The number of thioether (sulfide) groups is 1. The molecule has 2 N–H and O–H groups in total. The number of hydrogen-bond donors (Lipinski definition) is 2. The van der Waals surface area contributed by atoms with Crippen LogP contribution in [0.4, 0.5) is 20.3 Å². The molecule has 4 aromatic rings. The van der Waals surface area contributed by atoms with Gasteiger partial charge in [-0.25, -0.2) is 13.8 Å². The summed E-state index contributed by atoms with van der Waals surface area (Å²) in [5.74, 6) is -1.44. The van der Waals surface area contributed by atoms with E-state index in [-0.39, 0.29) is 27.8 Å². The maximum absolute atomic E-state index is 14.9. The van der Waals surface area contributed by atoms with Gasteiger partial charge in [0.1, 0.15) is 22.2 Å². The number of anilines is 2. The molecule has 2 aromatic carbocycles. The first-order valence-electron chi connectivity index (χ1n) is 11.8. The Balaban J connectivity index is 1.45. The summed E-state index contributed by atoms with van der Waals surface area (Å²) in [7, 11) is 1.64. The second kappa shape index (κ2) is 11.3. The van der Waals surface area contributed by atoms with E-state index in [1.54, 1.807) is 13.1 Å². The Labute approximate surface area is 231 Å². The van der Waals surface area contributed by atoms with E-state index in [9.17, 15) is 18.4 Å². The number of carbonyl (C=O) groups is 1. The van der Waals surface area contributed by atoms with Crippen LogP contribution < -0.4 is 20.9 Å². The standard InChI is InChI=1S/C28H21ClF2N4O3S/c1-32-25-24(29)23(11-12-33-25)38-22-10-7-18(15-21(22)31)34-26(36)20-14-16-4-2-3-13-39-28(16)35(27(20)37)19-8-5-17(30)6-9-19/h3,5-15H,2,4H2,1H3,(H,32,33)(H,34,36). The van der Waals surface area contributed by atoms with Gasteiger partial charge in [0.25, 0.3) is 11.5 Å². The number of benzene rings is 2. The Kier molecular flexibility index (Phi) is 7.67. The number of aromatic nitrogens is 2. The second-order valence-corrected chi connectivity index (χ2v) is 9.73. The molecule has 0 saturated carbocycles. The van der Waals surface area contributed by atoms with Gasteiger partial charge in [0.15, 0.2) is 17.3 Å². The molecule has 1 aliphatic rings. The fourth-order valence-electron chi connectivity index (χ4n) is 4.03. The number of pyridine rings is 2. The largest absolute Gasteiger partial charge is 0.453 e. The minimum atomic E-state index is -0.750. The maximum atomic E-state index is 14.9. The molecule has 5 rings (SSSR count). The minimum absolute atomic E-state index is 0.114. The van der Waals surface area contributed by atoms with E-state index < -0.39 is 23.1 Å². The molecule has 0 aliphatic carbocycles. The van der Waals surface area contributed by atoms with Crippen LogP contribution in [0.5, 0.6) is 11.5 Å². The third-order valence-corrected chi connectivity index (χ3v) is 7.28. The van der Waals surface area contributed by atoms with Crippen LogP contribution in [0.25, 0.3) is 5.69 Å². The summed E-state index contributed by atoms with van der Waals surface area (Å²) >= 11 is 7.59. The Hall–Kier alpha value is -4.15. The highest BCUT2D eigenvalue weighted by Crippen LogP contribution is 2.35. The lowest BCUT2D eigenvalue weighted by Gasteiger charge is -2.17. The van der Waals surface area contributed by atoms with Gasteiger partial charge in [0, 0.05) is 36.8 Å². The molecule has 2 aromatic heterocycles. The number of nitrogens with zero attached hydrogens (tertiary/aromatic N) is 2. The summed E-state index contributed by atoms with van der Waals surface area (Å²) in [6, 6.07) is 12.4. The number of hydrogen-bond acceptors (Lipinski definition) is 6. The Morgan fingerprint density at radius 3 is 2.64 bits per heavy atom. The van der Waals surface area contributed by atoms with Crippen molar-refractivity contribution < 1.29 is 18.3 Å². The van der Waals surface area contributed by atoms with Crippen molar-refractivity contribution >= 4 is 40.8 Å². The van der Waals surface area contributed by atoms with Crippen molar-refractivity contribution in [2.75, 3.05) is 17.7 Å². The number of allylic oxidation sites excluding steroid dienone is 1. The maximum Gasteiger partial charge on any atom is 0.268 e. The van der Waals surface area contributed by atoms with Crippen molar-refractivity contribution in [1.82, 2.24) is 9.55 Å². The van der Waals surface area contributed by atoms with Gasteiger partial charge >= 0.3 is 0 Å². The molecule has 0 fully saturated rings. The number of amides is 1.